The molecule has 2 aromatic heterocycles. The summed E-state index contributed by atoms with van der Waals surface area (Å²) in [4.78, 5) is 10.6. The number of likely N-dealkylation sites (tertiary alicyclic amines) is 1. The molecule has 4 rings (SSSR count). The highest BCUT2D eigenvalue weighted by molar-refractivity contribution is 5.69. The largest absolute Gasteiger partial charge is 0.334 e. The van der Waals surface area contributed by atoms with Gasteiger partial charge >= 0.3 is 0 Å². The molecular weight excluding hydrogens is 314 g/mol. The minimum atomic E-state index is -0.0769. The molecule has 0 amide bonds. The Morgan fingerprint density at radius 1 is 1.20 bits per heavy atom. The maximum atomic E-state index is 9.19. The summed E-state index contributed by atoms with van der Waals surface area (Å²) < 4.78 is 5.45. The van der Waals surface area contributed by atoms with Gasteiger partial charge in [-0.3, -0.25) is 9.88 Å². The molecule has 1 unspecified atom stereocenters. The van der Waals surface area contributed by atoms with Crippen LogP contribution in [-0.4, -0.2) is 26.6 Å². The van der Waals surface area contributed by atoms with Crippen LogP contribution >= 0.6 is 0 Å². The van der Waals surface area contributed by atoms with Crippen molar-refractivity contribution in [2.75, 3.05) is 6.54 Å². The first kappa shape index (κ1) is 15.3. The predicted molar refractivity (Wildman–Crippen MR) is 92.0 cm³/mol. The minimum Gasteiger partial charge on any atom is -0.334 e. The Morgan fingerprint density at radius 3 is 2.88 bits per heavy atom. The van der Waals surface area contributed by atoms with E-state index in [0.717, 1.165) is 41.8 Å². The molecule has 0 spiro atoms. The van der Waals surface area contributed by atoms with Crippen molar-refractivity contribution in [3.05, 3.63) is 54.1 Å². The summed E-state index contributed by atoms with van der Waals surface area (Å²) in [5, 5.41) is 13.3. The van der Waals surface area contributed by atoms with Gasteiger partial charge in [0.05, 0.1) is 0 Å². The average molecular weight is 331 g/mol. The summed E-state index contributed by atoms with van der Waals surface area (Å²) in [7, 11) is 0. The molecule has 0 saturated carbocycles. The van der Waals surface area contributed by atoms with E-state index in [1.165, 1.54) is 0 Å². The molecule has 0 radical (unpaired) electrons. The second kappa shape index (κ2) is 6.36. The molecule has 1 saturated heterocycles. The quantitative estimate of drug-likeness (QED) is 0.681. The van der Waals surface area contributed by atoms with E-state index in [-0.39, 0.29) is 6.04 Å². The van der Waals surface area contributed by atoms with Gasteiger partial charge in [-0.05, 0) is 43.5 Å². The van der Waals surface area contributed by atoms with E-state index in [4.69, 9.17) is 4.52 Å². The molecule has 1 aliphatic rings. The van der Waals surface area contributed by atoms with Crippen molar-refractivity contribution in [1.82, 2.24) is 20.0 Å². The Bertz CT molecular complexity index is 925. The fraction of sp³-hybridized carbons (Fsp3) is 0.263. The lowest BCUT2D eigenvalue weighted by Crippen LogP contribution is -2.17. The molecule has 6 heteroatoms. The van der Waals surface area contributed by atoms with Gasteiger partial charge in [0.15, 0.2) is 12.0 Å². The summed E-state index contributed by atoms with van der Waals surface area (Å²) >= 11 is 0. The van der Waals surface area contributed by atoms with Crippen LogP contribution in [0.1, 0.15) is 30.4 Å². The molecule has 0 N–H and O–H groups in total. The zero-order valence-corrected chi connectivity index (χ0v) is 13.9. The van der Waals surface area contributed by atoms with Crippen LogP contribution in [0.4, 0.5) is 0 Å². The van der Waals surface area contributed by atoms with E-state index in [2.05, 4.69) is 21.3 Å². The van der Waals surface area contributed by atoms with Crippen molar-refractivity contribution < 1.29 is 4.52 Å². The van der Waals surface area contributed by atoms with Crippen molar-refractivity contribution in [3.63, 3.8) is 0 Å². The molecule has 0 bridgehead atoms. The second-order valence-electron chi connectivity index (χ2n) is 6.18. The molecule has 3 heterocycles. The predicted octanol–water partition coefficient (Wildman–Crippen LogP) is 3.73. The van der Waals surface area contributed by atoms with Crippen molar-refractivity contribution in [2.24, 2.45) is 0 Å². The van der Waals surface area contributed by atoms with Crippen molar-refractivity contribution in [1.29, 1.82) is 5.26 Å². The molecule has 1 atom stereocenters. The SMILES string of the molecule is Cc1ccc(-c2cccc(-c3nc(C4CCCN4C#N)no3)c2)cn1. The summed E-state index contributed by atoms with van der Waals surface area (Å²) in [6.07, 6.45) is 5.91. The Morgan fingerprint density at radius 2 is 2.08 bits per heavy atom. The number of aryl methyl sites for hydroxylation is 1. The second-order valence-corrected chi connectivity index (χ2v) is 6.18. The van der Waals surface area contributed by atoms with Crippen molar-refractivity contribution in [2.45, 2.75) is 25.8 Å². The standard InChI is InChI=1S/C19H17N5O/c1-13-7-8-16(11-21-13)14-4-2-5-15(10-14)19-22-18(23-25-19)17-6-3-9-24(17)12-20/h2,4-5,7-8,10-11,17H,3,6,9H2,1H3. The van der Waals surface area contributed by atoms with Crippen LogP contribution in [0.2, 0.25) is 0 Å². The van der Waals surface area contributed by atoms with E-state index in [0.29, 0.717) is 11.7 Å². The zero-order chi connectivity index (χ0) is 17.2. The van der Waals surface area contributed by atoms with Crippen LogP contribution in [-0.2, 0) is 0 Å². The van der Waals surface area contributed by atoms with Crippen LogP contribution in [0.3, 0.4) is 0 Å². The molecule has 124 valence electrons. The number of nitriles is 1. The third kappa shape index (κ3) is 2.96. The van der Waals surface area contributed by atoms with E-state index < -0.39 is 0 Å². The highest BCUT2D eigenvalue weighted by atomic mass is 16.5. The van der Waals surface area contributed by atoms with E-state index in [9.17, 15) is 5.26 Å². The van der Waals surface area contributed by atoms with Gasteiger partial charge in [-0.2, -0.15) is 10.2 Å². The first-order chi connectivity index (χ1) is 12.2. The topological polar surface area (TPSA) is 78.8 Å². The van der Waals surface area contributed by atoms with Crippen LogP contribution in [0.25, 0.3) is 22.6 Å². The maximum Gasteiger partial charge on any atom is 0.258 e. The number of pyridine rings is 1. The molecule has 0 aliphatic carbocycles. The lowest BCUT2D eigenvalue weighted by Gasteiger charge is -2.13. The molecule has 1 fully saturated rings. The van der Waals surface area contributed by atoms with Gasteiger partial charge < -0.3 is 4.52 Å². The fourth-order valence-corrected chi connectivity index (χ4v) is 3.11. The van der Waals surface area contributed by atoms with Gasteiger partial charge in [0.25, 0.3) is 5.89 Å². The van der Waals surface area contributed by atoms with Gasteiger partial charge in [-0.1, -0.05) is 23.4 Å². The van der Waals surface area contributed by atoms with Gasteiger partial charge in [0, 0.05) is 29.6 Å². The first-order valence-corrected chi connectivity index (χ1v) is 8.28. The molecule has 3 aromatic rings. The smallest absolute Gasteiger partial charge is 0.258 e. The normalized spacial score (nSPS) is 16.8. The zero-order valence-electron chi connectivity index (χ0n) is 13.9. The maximum absolute atomic E-state index is 9.19. The van der Waals surface area contributed by atoms with Gasteiger partial charge in [-0.15, -0.1) is 0 Å². The summed E-state index contributed by atoms with van der Waals surface area (Å²) in [6.45, 7) is 2.72. The lowest BCUT2D eigenvalue weighted by atomic mass is 10.0. The third-order valence-electron chi connectivity index (χ3n) is 4.48. The Labute approximate surface area is 145 Å². The van der Waals surface area contributed by atoms with E-state index in [1.807, 2.05) is 49.5 Å². The van der Waals surface area contributed by atoms with Gasteiger partial charge in [0.2, 0.25) is 0 Å². The number of rotatable bonds is 3. The number of hydrogen-bond acceptors (Lipinski definition) is 6. The molecule has 25 heavy (non-hydrogen) atoms. The van der Waals surface area contributed by atoms with Gasteiger partial charge in [0.1, 0.15) is 6.04 Å². The number of benzene rings is 1. The summed E-state index contributed by atoms with van der Waals surface area (Å²) in [5.41, 5.74) is 3.93. The number of nitrogens with zero attached hydrogens (tertiary/aromatic N) is 5. The van der Waals surface area contributed by atoms with Crippen molar-refractivity contribution in [3.8, 4) is 28.8 Å². The molecule has 1 aliphatic heterocycles. The lowest BCUT2D eigenvalue weighted by molar-refractivity contribution is 0.339. The monoisotopic (exact) mass is 331 g/mol. The number of hydrogen-bond donors (Lipinski definition) is 0. The van der Waals surface area contributed by atoms with Crippen LogP contribution in [0.5, 0.6) is 0 Å². The summed E-state index contributed by atoms with van der Waals surface area (Å²) in [5.74, 6) is 1.05. The molecule has 6 nitrogen and oxygen atoms in total. The van der Waals surface area contributed by atoms with Crippen LogP contribution in [0, 0.1) is 18.4 Å². The Kier molecular flexibility index (Phi) is 3.90. The van der Waals surface area contributed by atoms with Crippen molar-refractivity contribution >= 4 is 0 Å². The fourth-order valence-electron chi connectivity index (χ4n) is 3.11. The Balaban J connectivity index is 1.64. The van der Waals surface area contributed by atoms with Gasteiger partial charge in [-0.25, -0.2) is 0 Å². The minimum absolute atomic E-state index is 0.0769. The third-order valence-corrected chi connectivity index (χ3v) is 4.48. The molecule has 1 aromatic carbocycles. The average Bonchev–Trinajstić information content (AvgIpc) is 3.31. The Hall–Kier alpha value is -3.20. The van der Waals surface area contributed by atoms with Crippen LogP contribution < -0.4 is 0 Å². The summed E-state index contributed by atoms with van der Waals surface area (Å²) in [6, 6.07) is 11.9. The highest BCUT2D eigenvalue weighted by Crippen LogP contribution is 2.31. The highest BCUT2D eigenvalue weighted by Gasteiger charge is 2.29. The first-order valence-electron chi connectivity index (χ1n) is 8.28. The van der Waals surface area contributed by atoms with Crippen LogP contribution in [0.15, 0.2) is 47.1 Å². The van der Waals surface area contributed by atoms with E-state index >= 15 is 0 Å². The number of aromatic nitrogens is 3. The molecular formula is C19H17N5O. The van der Waals surface area contributed by atoms with E-state index in [1.54, 1.807) is 4.90 Å².